The molecule has 2 aliphatic heterocycles. The number of fused-ring (bicyclic) bond motifs is 2. The molecule has 2 unspecified atom stereocenters. The predicted molar refractivity (Wildman–Crippen MR) is 39.8 cm³/mol. The van der Waals surface area contributed by atoms with Crippen LogP contribution >= 0.6 is 0 Å². The minimum absolute atomic E-state index is 0. The molecule has 0 aromatic carbocycles. The summed E-state index contributed by atoms with van der Waals surface area (Å²) in [5, 5.41) is 2.98. The Hall–Kier alpha value is -0.900. The third-order valence-electron chi connectivity index (χ3n) is 2.40. The minimum Gasteiger partial charge on any atom is -0.295 e. The lowest BCUT2D eigenvalue weighted by Gasteiger charge is -2.27. The van der Waals surface area contributed by atoms with Crippen LogP contribution in [-0.2, 0) is 9.59 Å². The summed E-state index contributed by atoms with van der Waals surface area (Å²) in [4.78, 5) is 23.7. The van der Waals surface area contributed by atoms with E-state index in [1.165, 1.54) is 4.90 Å². The van der Waals surface area contributed by atoms with Gasteiger partial charge >= 0.3 is 0 Å². The average Bonchev–Trinajstić information content (AvgIpc) is 2.44. The van der Waals surface area contributed by atoms with Crippen molar-refractivity contribution in [2.24, 2.45) is 0 Å². The van der Waals surface area contributed by atoms with Crippen LogP contribution in [0.1, 0.15) is 14.3 Å². The summed E-state index contributed by atoms with van der Waals surface area (Å²) >= 11 is 0. The molecule has 0 radical (unpaired) electrons. The van der Waals surface area contributed by atoms with Gasteiger partial charge in [0.1, 0.15) is 0 Å². The number of piperazine rings is 1. The summed E-state index contributed by atoms with van der Waals surface area (Å²) in [5.74, 6) is -0.160. The zero-order valence-electron chi connectivity index (χ0n) is 6.33. The van der Waals surface area contributed by atoms with Crippen molar-refractivity contribution in [2.75, 3.05) is 7.05 Å². The van der Waals surface area contributed by atoms with Gasteiger partial charge in [-0.05, 0) is 12.8 Å². The first-order valence-corrected chi connectivity index (χ1v) is 3.77. The van der Waals surface area contributed by atoms with Gasteiger partial charge in [0.05, 0.1) is 12.1 Å². The fraction of sp³-hybridized carbons (Fsp3) is 0.714. The van der Waals surface area contributed by atoms with Crippen molar-refractivity contribution in [1.29, 1.82) is 0 Å². The number of nitrogens with one attached hydrogen (secondary N) is 1. The Morgan fingerprint density at radius 3 is 2.27 bits per heavy atom. The molecule has 2 rings (SSSR count). The highest BCUT2D eigenvalue weighted by Crippen LogP contribution is 2.20. The lowest BCUT2D eigenvalue weighted by Crippen LogP contribution is -2.57. The van der Waals surface area contributed by atoms with Crippen LogP contribution in [0.25, 0.3) is 0 Å². The number of nitrogens with zero attached hydrogens (tertiary/aromatic N) is 1. The molecule has 62 valence electrons. The maximum absolute atomic E-state index is 11.2. The molecule has 2 fully saturated rings. The summed E-state index contributed by atoms with van der Waals surface area (Å²) < 4.78 is 0. The van der Waals surface area contributed by atoms with Crippen molar-refractivity contribution < 1.29 is 11.0 Å². The number of hydrogen-bond acceptors (Lipinski definition) is 3. The van der Waals surface area contributed by atoms with Gasteiger partial charge in [0.15, 0.2) is 0 Å². The average molecular weight is 156 g/mol. The molecule has 2 amide bonds. The summed E-state index contributed by atoms with van der Waals surface area (Å²) in [6, 6.07) is -0.189. The predicted octanol–water partition coefficient (Wildman–Crippen LogP) is -0.648. The van der Waals surface area contributed by atoms with Gasteiger partial charge in [-0.1, -0.05) is 0 Å². The fourth-order valence-corrected chi connectivity index (χ4v) is 1.71. The van der Waals surface area contributed by atoms with Crippen molar-refractivity contribution in [1.82, 2.24) is 10.2 Å². The Labute approximate surface area is 66.0 Å². The Morgan fingerprint density at radius 1 is 1.36 bits per heavy atom. The van der Waals surface area contributed by atoms with Crippen LogP contribution < -0.4 is 5.32 Å². The topological polar surface area (TPSA) is 49.4 Å². The van der Waals surface area contributed by atoms with Crippen LogP contribution in [-0.4, -0.2) is 35.8 Å². The van der Waals surface area contributed by atoms with E-state index in [-0.39, 0.29) is 25.3 Å². The SMILES string of the molecule is CN1C(=O)C2CCC(N2)C1=O.[HH]. The van der Waals surface area contributed by atoms with E-state index in [1.807, 2.05) is 0 Å². The lowest BCUT2D eigenvalue weighted by atomic mass is 10.2. The number of likely N-dealkylation sites (N-methyl/N-ethyl adjacent to an activating group) is 1. The number of carbonyl (C=O) groups excluding carboxylic acids is 2. The minimum atomic E-state index is -0.0947. The molecule has 0 aliphatic carbocycles. The molecule has 1 N–H and O–H groups in total. The molecule has 2 aliphatic rings. The first-order valence-electron chi connectivity index (χ1n) is 3.77. The molecule has 0 saturated carbocycles. The molecule has 4 nitrogen and oxygen atoms in total. The van der Waals surface area contributed by atoms with E-state index >= 15 is 0 Å². The van der Waals surface area contributed by atoms with E-state index in [9.17, 15) is 9.59 Å². The highest BCUT2D eigenvalue weighted by atomic mass is 16.2. The van der Waals surface area contributed by atoms with Crippen LogP contribution in [0.5, 0.6) is 0 Å². The van der Waals surface area contributed by atoms with Crippen molar-refractivity contribution in [3.8, 4) is 0 Å². The number of likely N-dealkylation sites (tertiary alicyclic amines) is 1. The van der Waals surface area contributed by atoms with Crippen molar-refractivity contribution in [3.63, 3.8) is 0 Å². The summed E-state index contributed by atoms with van der Waals surface area (Å²) in [6.07, 6.45) is 1.61. The third kappa shape index (κ3) is 0.790. The van der Waals surface area contributed by atoms with Crippen molar-refractivity contribution >= 4 is 11.8 Å². The molecule has 2 bridgehead atoms. The Balaban J connectivity index is 0.000000720. The van der Waals surface area contributed by atoms with Crippen LogP contribution in [0, 0.1) is 0 Å². The van der Waals surface area contributed by atoms with Gasteiger partial charge in [-0.25, -0.2) is 0 Å². The highest BCUT2D eigenvalue weighted by molar-refractivity contribution is 6.03. The Kier molecular flexibility index (Phi) is 1.26. The molecule has 11 heavy (non-hydrogen) atoms. The van der Waals surface area contributed by atoms with Crippen LogP contribution in [0.3, 0.4) is 0 Å². The largest absolute Gasteiger partial charge is 0.295 e. The zero-order valence-corrected chi connectivity index (χ0v) is 6.33. The van der Waals surface area contributed by atoms with E-state index in [0.717, 1.165) is 12.8 Å². The third-order valence-corrected chi connectivity index (χ3v) is 2.40. The van der Waals surface area contributed by atoms with Gasteiger partial charge in [0, 0.05) is 8.47 Å². The van der Waals surface area contributed by atoms with Gasteiger partial charge in [0.2, 0.25) is 11.8 Å². The molecular weight excluding hydrogens is 144 g/mol. The summed E-state index contributed by atoms with van der Waals surface area (Å²) in [7, 11) is 1.55. The molecule has 0 aromatic heterocycles. The van der Waals surface area contributed by atoms with Gasteiger partial charge in [-0.15, -0.1) is 0 Å². The van der Waals surface area contributed by atoms with Crippen molar-refractivity contribution in [3.05, 3.63) is 0 Å². The molecular formula is C7H12N2O2. The van der Waals surface area contributed by atoms with E-state index in [4.69, 9.17) is 0 Å². The molecule has 2 saturated heterocycles. The maximum Gasteiger partial charge on any atom is 0.246 e. The smallest absolute Gasteiger partial charge is 0.246 e. The normalized spacial score (nSPS) is 36.6. The Morgan fingerprint density at radius 2 is 1.82 bits per heavy atom. The number of carbonyl (C=O) groups is 2. The molecule has 4 heteroatoms. The van der Waals surface area contributed by atoms with Gasteiger partial charge < -0.3 is 0 Å². The molecule has 2 atom stereocenters. The number of imide groups is 1. The summed E-state index contributed by atoms with van der Waals surface area (Å²) in [5.41, 5.74) is 0. The van der Waals surface area contributed by atoms with Crippen LogP contribution in [0.2, 0.25) is 0 Å². The second-order valence-corrected chi connectivity index (χ2v) is 3.08. The van der Waals surface area contributed by atoms with E-state index in [1.54, 1.807) is 7.05 Å². The van der Waals surface area contributed by atoms with Gasteiger partial charge in [-0.2, -0.15) is 0 Å². The van der Waals surface area contributed by atoms with Crippen molar-refractivity contribution in [2.45, 2.75) is 24.9 Å². The van der Waals surface area contributed by atoms with Crippen LogP contribution in [0.15, 0.2) is 0 Å². The molecule has 0 aromatic rings. The first kappa shape index (κ1) is 6.79. The quantitative estimate of drug-likeness (QED) is 0.474. The standard InChI is InChI=1S/C7H10N2O2.H2/c1-9-6(10)4-2-3-5(8-4)7(9)11;/h4-5,8H,2-3H2,1H3;1H. The monoisotopic (exact) mass is 156 g/mol. The van der Waals surface area contributed by atoms with Crippen LogP contribution in [0.4, 0.5) is 0 Å². The second kappa shape index (κ2) is 2.04. The molecule has 2 heterocycles. The number of rotatable bonds is 0. The second-order valence-electron chi connectivity index (χ2n) is 3.08. The Bertz CT molecular complexity index is 209. The first-order chi connectivity index (χ1) is 5.20. The zero-order chi connectivity index (χ0) is 8.01. The molecule has 0 spiro atoms. The number of amides is 2. The van der Waals surface area contributed by atoms with E-state index in [2.05, 4.69) is 5.32 Å². The summed E-state index contributed by atoms with van der Waals surface area (Å²) in [6.45, 7) is 0. The fourth-order valence-electron chi connectivity index (χ4n) is 1.71. The van der Waals surface area contributed by atoms with Gasteiger partial charge in [-0.3, -0.25) is 19.8 Å². The maximum atomic E-state index is 11.2. The van der Waals surface area contributed by atoms with E-state index in [0.29, 0.717) is 0 Å². The number of hydrogen-bond donors (Lipinski definition) is 1. The van der Waals surface area contributed by atoms with Gasteiger partial charge in [0.25, 0.3) is 0 Å². The highest BCUT2D eigenvalue weighted by Gasteiger charge is 2.42. The lowest BCUT2D eigenvalue weighted by molar-refractivity contribution is -0.148. The van der Waals surface area contributed by atoms with E-state index < -0.39 is 0 Å².